The Bertz CT molecular complexity index is 1610. The molecule has 3 aromatic rings. The van der Waals surface area contributed by atoms with Gasteiger partial charge in [0.15, 0.2) is 10.7 Å². The first-order chi connectivity index (χ1) is 22.3. The van der Waals surface area contributed by atoms with Crippen LogP contribution in [-0.2, 0) is 14.8 Å². The van der Waals surface area contributed by atoms with Crippen LogP contribution >= 0.6 is 0 Å². The topological polar surface area (TPSA) is 152 Å². The van der Waals surface area contributed by atoms with Gasteiger partial charge in [0.05, 0.1) is 30.4 Å². The van der Waals surface area contributed by atoms with Crippen LogP contribution in [0.5, 0.6) is 5.75 Å². The summed E-state index contributed by atoms with van der Waals surface area (Å²) in [5, 5.41) is 14.0. The average Bonchev–Trinajstić information content (AvgIpc) is 3.40. The second kappa shape index (κ2) is 15.8. The number of sulfonamides is 1. The van der Waals surface area contributed by atoms with E-state index in [0.717, 1.165) is 12.8 Å². The van der Waals surface area contributed by atoms with Crippen molar-refractivity contribution >= 4 is 27.5 Å². The van der Waals surface area contributed by atoms with Crippen molar-refractivity contribution in [3.8, 4) is 5.75 Å². The molecule has 0 fully saturated rings. The molecule has 2 N–H and O–H groups in total. The van der Waals surface area contributed by atoms with E-state index in [-0.39, 0.29) is 58.7 Å². The molecule has 0 bridgehead atoms. The standard InChI is InChI=1S/C34H46N4O8S/c1-22-19-38(23(2)21-39)34(41)29-18-28(36-47(42,43)32-25(4)35-46-26(32)5)15-16-30(29)45-24(3)12-10-11-17-44-31(22)20-37(6)33(40)27-13-8-7-9-14-27/h7-9,13-16,18,22-24,31,36,39H,10-12,17,19-21H2,1-6H3/t22-,23+,24-,31+/m1/s1. The predicted octanol–water partition coefficient (Wildman–Crippen LogP) is 4.66. The monoisotopic (exact) mass is 670 g/mol. The SMILES string of the molecule is Cc1noc(C)c1S(=O)(=O)Nc1ccc2c(c1)C(=O)N([C@@H](C)CO)C[C@@H](C)[C@H](CN(C)C(=O)c1ccccc1)OCCCC[C@@H](C)O2. The molecule has 0 saturated carbocycles. The Labute approximate surface area is 277 Å². The Morgan fingerprint density at radius 3 is 2.53 bits per heavy atom. The van der Waals surface area contributed by atoms with E-state index in [1.807, 2.05) is 32.0 Å². The highest BCUT2D eigenvalue weighted by molar-refractivity contribution is 7.92. The minimum absolute atomic E-state index is 0.0695. The van der Waals surface area contributed by atoms with Gasteiger partial charge in [0.2, 0.25) is 0 Å². The molecule has 12 nitrogen and oxygen atoms in total. The van der Waals surface area contributed by atoms with Crippen molar-refractivity contribution in [3.05, 3.63) is 71.1 Å². The molecule has 0 saturated heterocycles. The zero-order valence-corrected chi connectivity index (χ0v) is 28.7. The second-order valence-corrected chi connectivity index (χ2v) is 13.9. The minimum atomic E-state index is -4.09. The van der Waals surface area contributed by atoms with Crippen molar-refractivity contribution in [1.29, 1.82) is 0 Å². The molecule has 2 aromatic carbocycles. The van der Waals surface area contributed by atoms with Crippen molar-refractivity contribution in [3.63, 3.8) is 0 Å². The summed E-state index contributed by atoms with van der Waals surface area (Å²) in [6.07, 6.45) is 1.63. The van der Waals surface area contributed by atoms with Gasteiger partial charge < -0.3 is 28.9 Å². The van der Waals surface area contributed by atoms with E-state index in [1.165, 1.54) is 19.9 Å². The van der Waals surface area contributed by atoms with Gasteiger partial charge >= 0.3 is 0 Å². The summed E-state index contributed by atoms with van der Waals surface area (Å²) in [5.41, 5.74) is 1.09. The van der Waals surface area contributed by atoms with Crippen LogP contribution in [-0.4, -0.2) is 91.9 Å². The summed E-state index contributed by atoms with van der Waals surface area (Å²) in [4.78, 5) is 30.6. The van der Waals surface area contributed by atoms with Crippen LogP contribution in [0.25, 0.3) is 0 Å². The lowest BCUT2D eigenvalue weighted by Crippen LogP contribution is -2.48. The highest BCUT2D eigenvalue weighted by Gasteiger charge is 2.32. The van der Waals surface area contributed by atoms with E-state index in [0.29, 0.717) is 30.9 Å². The number of aliphatic hydroxyl groups excluding tert-OH is 1. The van der Waals surface area contributed by atoms with Crippen molar-refractivity contribution in [1.82, 2.24) is 15.0 Å². The number of hydrogen-bond donors (Lipinski definition) is 2. The van der Waals surface area contributed by atoms with Gasteiger partial charge in [-0.3, -0.25) is 14.3 Å². The number of fused-ring (bicyclic) bond motifs is 1. The molecule has 256 valence electrons. The number of carbonyl (C=O) groups excluding carboxylic acids is 2. The number of benzene rings is 2. The van der Waals surface area contributed by atoms with Crippen LogP contribution in [0.2, 0.25) is 0 Å². The summed E-state index contributed by atoms with van der Waals surface area (Å²) < 4.78 is 46.8. The lowest BCUT2D eigenvalue weighted by molar-refractivity contribution is -0.0149. The van der Waals surface area contributed by atoms with Gasteiger partial charge in [-0.25, -0.2) is 8.42 Å². The van der Waals surface area contributed by atoms with Crippen LogP contribution in [0.4, 0.5) is 5.69 Å². The lowest BCUT2D eigenvalue weighted by atomic mass is 10.0. The molecule has 0 spiro atoms. The Morgan fingerprint density at radius 2 is 1.87 bits per heavy atom. The zero-order valence-electron chi connectivity index (χ0n) is 27.9. The van der Waals surface area contributed by atoms with Crippen LogP contribution in [0, 0.1) is 19.8 Å². The third-order valence-electron chi connectivity index (χ3n) is 8.36. The maximum Gasteiger partial charge on any atom is 0.267 e. The van der Waals surface area contributed by atoms with E-state index in [2.05, 4.69) is 9.88 Å². The first-order valence-electron chi connectivity index (χ1n) is 15.9. The fourth-order valence-corrected chi connectivity index (χ4v) is 7.05. The number of rotatable bonds is 8. The van der Waals surface area contributed by atoms with Gasteiger partial charge in [-0.1, -0.05) is 30.3 Å². The molecule has 13 heteroatoms. The largest absolute Gasteiger partial charge is 0.490 e. The van der Waals surface area contributed by atoms with Crippen molar-refractivity contribution in [2.45, 2.75) is 77.0 Å². The van der Waals surface area contributed by atoms with E-state index in [4.69, 9.17) is 14.0 Å². The number of nitrogens with one attached hydrogen (secondary N) is 1. The lowest BCUT2D eigenvalue weighted by Gasteiger charge is -2.36. The molecule has 4 atom stereocenters. The number of anilines is 1. The molecule has 0 unspecified atom stereocenters. The second-order valence-electron chi connectivity index (χ2n) is 12.3. The summed E-state index contributed by atoms with van der Waals surface area (Å²) in [6.45, 7) is 9.32. The first kappa shape index (κ1) is 35.9. The van der Waals surface area contributed by atoms with Crippen LogP contribution in [0.3, 0.4) is 0 Å². The van der Waals surface area contributed by atoms with Crippen molar-refractivity contribution in [2.24, 2.45) is 5.92 Å². The van der Waals surface area contributed by atoms with E-state index < -0.39 is 28.1 Å². The first-order valence-corrected chi connectivity index (χ1v) is 17.4. The minimum Gasteiger partial charge on any atom is -0.490 e. The van der Waals surface area contributed by atoms with Gasteiger partial charge in [0.25, 0.3) is 21.8 Å². The molecular formula is C34H46N4O8S. The number of ether oxygens (including phenoxy) is 2. The normalized spacial score (nSPS) is 20.4. The Hall–Kier alpha value is -3.94. The number of hydrogen-bond acceptors (Lipinski definition) is 9. The van der Waals surface area contributed by atoms with Gasteiger partial charge in [-0.15, -0.1) is 0 Å². The van der Waals surface area contributed by atoms with Gasteiger partial charge in [0.1, 0.15) is 11.4 Å². The predicted molar refractivity (Wildman–Crippen MR) is 177 cm³/mol. The van der Waals surface area contributed by atoms with Crippen LogP contribution in [0.15, 0.2) is 57.9 Å². The van der Waals surface area contributed by atoms with Crippen LogP contribution in [0.1, 0.15) is 72.2 Å². The summed E-state index contributed by atoms with van der Waals surface area (Å²) >= 11 is 0. The molecule has 1 aliphatic heterocycles. The number of carbonyl (C=O) groups is 2. The van der Waals surface area contributed by atoms with Crippen molar-refractivity contribution in [2.75, 3.05) is 38.1 Å². The third-order valence-corrected chi connectivity index (χ3v) is 9.99. The van der Waals surface area contributed by atoms with Gasteiger partial charge in [-0.05, 0) is 77.3 Å². The van der Waals surface area contributed by atoms with Crippen molar-refractivity contribution < 1.29 is 37.1 Å². The maximum absolute atomic E-state index is 14.4. The smallest absolute Gasteiger partial charge is 0.267 e. The molecule has 1 aliphatic rings. The molecule has 47 heavy (non-hydrogen) atoms. The number of nitrogens with zero attached hydrogens (tertiary/aromatic N) is 3. The summed E-state index contributed by atoms with van der Waals surface area (Å²) in [7, 11) is -2.35. The highest BCUT2D eigenvalue weighted by atomic mass is 32.2. The average molecular weight is 671 g/mol. The Kier molecular flexibility index (Phi) is 12.0. The quantitative estimate of drug-likeness (QED) is 0.349. The number of aliphatic hydroxyl groups is 1. The van der Waals surface area contributed by atoms with E-state index in [9.17, 15) is 23.1 Å². The molecule has 0 aliphatic carbocycles. The summed E-state index contributed by atoms with van der Waals surface area (Å²) in [5.74, 6) is -0.367. The maximum atomic E-state index is 14.4. The third kappa shape index (κ3) is 8.91. The number of aryl methyl sites for hydroxylation is 2. The molecule has 2 heterocycles. The fourth-order valence-electron chi connectivity index (χ4n) is 5.67. The highest BCUT2D eigenvalue weighted by Crippen LogP contribution is 2.30. The Morgan fingerprint density at radius 1 is 1.15 bits per heavy atom. The molecule has 2 amide bonds. The molecule has 1 aromatic heterocycles. The number of likely N-dealkylation sites (N-methyl/N-ethyl adjacent to an activating group) is 1. The molecule has 4 rings (SSSR count). The van der Waals surface area contributed by atoms with E-state index in [1.54, 1.807) is 48.0 Å². The number of aromatic nitrogens is 1. The Balaban J connectivity index is 1.67. The number of amides is 2. The van der Waals surface area contributed by atoms with Crippen LogP contribution < -0.4 is 9.46 Å². The summed E-state index contributed by atoms with van der Waals surface area (Å²) in [6, 6.07) is 13.0. The van der Waals surface area contributed by atoms with Gasteiger partial charge in [-0.2, -0.15) is 0 Å². The molecular weight excluding hydrogens is 624 g/mol. The molecule has 0 radical (unpaired) electrons. The van der Waals surface area contributed by atoms with E-state index >= 15 is 0 Å². The fraction of sp³-hybridized carbons (Fsp3) is 0.500. The van der Waals surface area contributed by atoms with Gasteiger partial charge in [0, 0.05) is 43.9 Å². The zero-order chi connectivity index (χ0) is 34.3.